The van der Waals surface area contributed by atoms with Gasteiger partial charge in [0.1, 0.15) is 0 Å². The van der Waals surface area contributed by atoms with E-state index < -0.39 is 0 Å². The molecule has 106 valence electrons. The number of rotatable bonds is 2. The van der Waals surface area contributed by atoms with Crippen LogP contribution >= 0.6 is 0 Å². The molecule has 1 heterocycles. The summed E-state index contributed by atoms with van der Waals surface area (Å²) in [5, 5.41) is 2.11. The normalized spacial score (nSPS) is 10.8. The van der Waals surface area contributed by atoms with Gasteiger partial charge < -0.3 is 10.6 Å². The van der Waals surface area contributed by atoms with Gasteiger partial charge in [-0.25, -0.2) is 0 Å². The summed E-state index contributed by atoms with van der Waals surface area (Å²) in [5.74, 6) is 0. The minimum Gasteiger partial charge on any atom is -0.398 e. The number of anilines is 3. The lowest BCUT2D eigenvalue weighted by Gasteiger charge is -2.24. The summed E-state index contributed by atoms with van der Waals surface area (Å²) in [6, 6.07) is 12.5. The van der Waals surface area contributed by atoms with Crippen LogP contribution in [-0.4, -0.2) is 12.0 Å². The summed E-state index contributed by atoms with van der Waals surface area (Å²) in [6.45, 7) is 4.25. The van der Waals surface area contributed by atoms with Crippen LogP contribution in [0, 0.1) is 13.8 Å². The first-order valence-electron chi connectivity index (χ1n) is 7.01. The van der Waals surface area contributed by atoms with Gasteiger partial charge in [0.2, 0.25) is 0 Å². The van der Waals surface area contributed by atoms with E-state index in [1.807, 2.05) is 18.3 Å². The lowest BCUT2D eigenvalue weighted by atomic mass is 10.1. The maximum Gasteiger partial charge on any atom is 0.0505 e. The van der Waals surface area contributed by atoms with Gasteiger partial charge in [0.05, 0.1) is 5.69 Å². The fraction of sp³-hybridized carbons (Fsp3) is 0.167. The lowest BCUT2D eigenvalue weighted by molar-refractivity contribution is 1.18. The SMILES string of the molecule is Cc1ccc(N(C)c2ccc(N)c3ccncc23)c(C)c1. The van der Waals surface area contributed by atoms with Crippen LogP contribution < -0.4 is 10.6 Å². The lowest BCUT2D eigenvalue weighted by Crippen LogP contribution is -2.11. The van der Waals surface area contributed by atoms with Crippen LogP contribution in [0.1, 0.15) is 11.1 Å². The number of aryl methyl sites for hydroxylation is 2. The monoisotopic (exact) mass is 277 g/mol. The van der Waals surface area contributed by atoms with Crippen molar-refractivity contribution in [1.82, 2.24) is 4.98 Å². The molecule has 0 saturated heterocycles. The van der Waals surface area contributed by atoms with Gasteiger partial charge in [0.25, 0.3) is 0 Å². The molecular formula is C18H19N3. The third-order valence-corrected chi connectivity index (χ3v) is 3.90. The van der Waals surface area contributed by atoms with E-state index in [1.54, 1.807) is 6.20 Å². The number of hydrogen-bond donors (Lipinski definition) is 1. The van der Waals surface area contributed by atoms with E-state index in [0.29, 0.717) is 0 Å². The largest absolute Gasteiger partial charge is 0.398 e. The van der Waals surface area contributed by atoms with Crippen molar-refractivity contribution in [2.45, 2.75) is 13.8 Å². The van der Waals surface area contributed by atoms with Gasteiger partial charge in [-0.3, -0.25) is 4.98 Å². The zero-order valence-electron chi connectivity index (χ0n) is 12.6. The number of benzene rings is 2. The van der Waals surface area contributed by atoms with Crippen molar-refractivity contribution < 1.29 is 0 Å². The quantitative estimate of drug-likeness (QED) is 0.714. The molecule has 21 heavy (non-hydrogen) atoms. The molecule has 1 aromatic heterocycles. The van der Waals surface area contributed by atoms with Crippen molar-refractivity contribution >= 4 is 27.8 Å². The van der Waals surface area contributed by atoms with Gasteiger partial charge in [-0.2, -0.15) is 0 Å². The van der Waals surface area contributed by atoms with Crippen molar-refractivity contribution in [2.24, 2.45) is 0 Å². The Hall–Kier alpha value is -2.55. The molecule has 3 heteroatoms. The Morgan fingerprint density at radius 2 is 1.71 bits per heavy atom. The van der Waals surface area contributed by atoms with Gasteiger partial charge in [-0.05, 0) is 43.7 Å². The zero-order valence-corrected chi connectivity index (χ0v) is 12.6. The Labute approximate surface area is 125 Å². The van der Waals surface area contributed by atoms with Crippen molar-refractivity contribution in [3.8, 4) is 0 Å². The van der Waals surface area contributed by atoms with Crippen molar-refractivity contribution in [1.29, 1.82) is 0 Å². The number of nitrogen functional groups attached to an aromatic ring is 1. The fourth-order valence-electron chi connectivity index (χ4n) is 2.80. The third-order valence-electron chi connectivity index (χ3n) is 3.90. The molecule has 0 unspecified atom stereocenters. The van der Waals surface area contributed by atoms with Crippen molar-refractivity contribution in [3.63, 3.8) is 0 Å². The topological polar surface area (TPSA) is 42.1 Å². The molecule has 0 radical (unpaired) electrons. The second-order valence-electron chi connectivity index (χ2n) is 5.44. The number of pyridine rings is 1. The summed E-state index contributed by atoms with van der Waals surface area (Å²) >= 11 is 0. The molecule has 3 aromatic rings. The molecule has 0 atom stereocenters. The summed E-state index contributed by atoms with van der Waals surface area (Å²) < 4.78 is 0. The molecule has 0 spiro atoms. The van der Waals surface area contributed by atoms with E-state index in [-0.39, 0.29) is 0 Å². The second-order valence-corrected chi connectivity index (χ2v) is 5.44. The Morgan fingerprint density at radius 3 is 2.48 bits per heavy atom. The molecule has 0 aliphatic heterocycles. The predicted molar refractivity (Wildman–Crippen MR) is 90.1 cm³/mol. The first-order valence-corrected chi connectivity index (χ1v) is 7.01. The van der Waals surface area contributed by atoms with Crippen LogP contribution in [0.4, 0.5) is 17.1 Å². The minimum atomic E-state index is 0.783. The Balaban J connectivity index is 2.18. The Morgan fingerprint density at radius 1 is 0.952 bits per heavy atom. The molecular weight excluding hydrogens is 258 g/mol. The number of nitrogens with two attached hydrogens (primary N) is 1. The number of fused-ring (bicyclic) bond motifs is 1. The van der Waals surface area contributed by atoms with E-state index in [1.165, 1.54) is 16.8 Å². The van der Waals surface area contributed by atoms with Crippen LogP contribution in [-0.2, 0) is 0 Å². The van der Waals surface area contributed by atoms with Crippen molar-refractivity contribution in [3.05, 3.63) is 59.9 Å². The smallest absolute Gasteiger partial charge is 0.0505 e. The molecule has 3 rings (SSSR count). The average molecular weight is 277 g/mol. The maximum atomic E-state index is 6.07. The molecule has 0 aliphatic rings. The van der Waals surface area contributed by atoms with Crippen molar-refractivity contribution in [2.75, 3.05) is 17.7 Å². The van der Waals surface area contributed by atoms with Crippen LogP contribution in [0.25, 0.3) is 10.8 Å². The van der Waals surface area contributed by atoms with E-state index in [4.69, 9.17) is 5.73 Å². The summed E-state index contributed by atoms with van der Waals surface area (Å²) in [5.41, 5.74) is 11.7. The minimum absolute atomic E-state index is 0.783. The summed E-state index contributed by atoms with van der Waals surface area (Å²) in [7, 11) is 2.08. The van der Waals surface area contributed by atoms with Crippen LogP contribution in [0.15, 0.2) is 48.8 Å². The van der Waals surface area contributed by atoms with E-state index in [9.17, 15) is 0 Å². The molecule has 0 fully saturated rings. The highest BCUT2D eigenvalue weighted by molar-refractivity contribution is 6.02. The van der Waals surface area contributed by atoms with Gasteiger partial charge in [-0.1, -0.05) is 17.7 Å². The Bertz CT molecular complexity index is 809. The standard InChI is InChI=1S/C18H19N3/c1-12-4-6-17(13(2)10-12)21(3)18-7-5-16(19)14-8-9-20-11-15(14)18/h4-11H,19H2,1-3H3. The summed E-state index contributed by atoms with van der Waals surface area (Å²) in [4.78, 5) is 6.44. The van der Waals surface area contributed by atoms with E-state index in [2.05, 4.69) is 55.0 Å². The summed E-state index contributed by atoms with van der Waals surface area (Å²) in [6.07, 6.45) is 3.65. The average Bonchev–Trinajstić information content (AvgIpc) is 2.47. The number of nitrogens with zero attached hydrogens (tertiary/aromatic N) is 2. The molecule has 0 aliphatic carbocycles. The Kier molecular flexibility index (Phi) is 3.26. The van der Waals surface area contributed by atoms with Crippen LogP contribution in [0.2, 0.25) is 0 Å². The first-order chi connectivity index (χ1) is 10.1. The molecule has 0 amide bonds. The van der Waals surface area contributed by atoms with Gasteiger partial charge in [-0.15, -0.1) is 0 Å². The first kappa shape index (κ1) is 13.4. The highest BCUT2D eigenvalue weighted by atomic mass is 15.1. The predicted octanol–water partition coefficient (Wildman–Crippen LogP) is 4.20. The van der Waals surface area contributed by atoms with Gasteiger partial charge >= 0.3 is 0 Å². The zero-order chi connectivity index (χ0) is 15.0. The number of hydrogen-bond acceptors (Lipinski definition) is 3. The fourth-order valence-corrected chi connectivity index (χ4v) is 2.80. The van der Waals surface area contributed by atoms with Crippen LogP contribution in [0.5, 0.6) is 0 Å². The van der Waals surface area contributed by atoms with Gasteiger partial charge in [0, 0.05) is 41.6 Å². The molecule has 2 aromatic carbocycles. The molecule has 2 N–H and O–H groups in total. The van der Waals surface area contributed by atoms with Gasteiger partial charge in [0.15, 0.2) is 0 Å². The molecule has 3 nitrogen and oxygen atoms in total. The van der Waals surface area contributed by atoms with E-state index in [0.717, 1.165) is 22.1 Å². The maximum absolute atomic E-state index is 6.07. The van der Waals surface area contributed by atoms with E-state index >= 15 is 0 Å². The molecule has 0 saturated carbocycles. The highest BCUT2D eigenvalue weighted by Crippen LogP contribution is 2.34. The van der Waals surface area contributed by atoms with Crippen LogP contribution in [0.3, 0.4) is 0 Å². The number of aromatic nitrogens is 1. The highest BCUT2D eigenvalue weighted by Gasteiger charge is 2.11. The third kappa shape index (κ3) is 2.31. The molecule has 0 bridgehead atoms. The second kappa shape index (κ2) is 5.09.